The molecule has 0 radical (unpaired) electrons. The summed E-state index contributed by atoms with van der Waals surface area (Å²) in [6, 6.07) is 10.4. The molecule has 40 heavy (non-hydrogen) atoms. The van der Waals surface area contributed by atoms with E-state index in [0.717, 1.165) is 41.0 Å². The molecule has 1 aliphatic rings. The summed E-state index contributed by atoms with van der Waals surface area (Å²) in [6.45, 7) is 13.4. The summed E-state index contributed by atoms with van der Waals surface area (Å²) >= 11 is 0. The highest BCUT2D eigenvalue weighted by Gasteiger charge is 2.24. The van der Waals surface area contributed by atoms with Crippen LogP contribution in [0.5, 0.6) is 0 Å². The lowest BCUT2D eigenvalue weighted by Crippen LogP contribution is -2.34. The van der Waals surface area contributed by atoms with Gasteiger partial charge in [0, 0.05) is 41.5 Å². The number of nitrogens with zero attached hydrogens (tertiary/aromatic N) is 7. The minimum absolute atomic E-state index is 0.258. The van der Waals surface area contributed by atoms with Crippen molar-refractivity contribution in [1.82, 2.24) is 34.3 Å². The van der Waals surface area contributed by atoms with Crippen molar-refractivity contribution < 1.29 is 4.74 Å². The van der Waals surface area contributed by atoms with E-state index in [1.807, 2.05) is 95.1 Å². The van der Waals surface area contributed by atoms with Gasteiger partial charge in [0.15, 0.2) is 5.82 Å². The number of ether oxygens (including phenoxy) is 1. The number of nitrogens with two attached hydrogens (primary N) is 3. The van der Waals surface area contributed by atoms with Gasteiger partial charge in [-0.05, 0) is 25.5 Å². The van der Waals surface area contributed by atoms with Gasteiger partial charge >= 0.3 is 0 Å². The van der Waals surface area contributed by atoms with Crippen molar-refractivity contribution in [2.45, 2.75) is 53.1 Å². The molecule has 11 heteroatoms. The second-order valence-electron chi connectivity index (χ2n) is 9.00. The molecule has 212 valence electrons. The van der Waals surface area contributed by atoms with Crippen molar-refractivity contribution in [3.63, 3.8) is 0 Å². The van der Waals surface area contributed by atoms with Crippen molar-refractivity contribution in [3.05, 3.63) is 84.3 Å². The molecule has 0 saturated carbocycles. The summed E-state index contributed by atoms with van der Waals surface area (Å²) in [5.74, 6) is 0.731. The van der Waals surface area contributed by atoms with Crippen LogP contribution in [0.15, 0.2) is 67.6 Å². The molecule has 6 rings (SSSR count). The zero-order valence-electron chi connectivity index (χ0n) is 24.1. The second kappa shape index (κ2) is 13.6. The van der Waals surface area contributed by atoms with Gasteiger partial charge in [0.05, 0.1) is 31.0 Å². The van der Waals surface area contributed by atoms with E-state index in [-0.39, 0.29) is 5.95 Å². The number of aryl methyl sites for hydroxylation is 1. The Labute approximate surface area is 235 Å². The maximum Gasteiger partial charge on any atom is 0.219 e. The first-order valence-corrected chi connectivity index (χ1v) is 13.5. The number of fused-ring (bicyclic) bond motifs is 1. The second-order valence-corrected chi connectivity index (χ2v) is 9.00. The summed E-state index contributed by atoms with van der Waals surface area (Å²) < 4.78 is 8.83. The van der Waals surface area contributed by atoms with Crippen LogP contribution in [0.4, 0.5) is 11.8 Å². The van der Waals surface area contributed by atoms with Crippen LogP contribution < -0.4 is 17.2 Å². The standard InChI is InChI=1S/C13H16N4.C12H12N6O.2C2H6/c1-9-3-5-10(6-4-9)13(2,15)11-7-16-12(14)17-8-11;13-12-11-1-8(3-18(11)16-7-14-12)9-2-15-17(4-9)10-5-19-6-10;2*1-2/h3-8H,15H2,1-2H3,(H2,14,16,17);1-4,7,10H,5-6H2,(H2,13,14,16);2*1-2H3/t13-;;;/m0.../s1. The molecule has 5 heterocycles. The summed E-state index contributed by atoms with van der Waals surface area (Å²) in [7, 11) is 0. The molecule has 1 saturated heterocycles. The number of benzene rings is 1. The Bertz CT molecular complexity index is 1420. The van der Waals surface area contributed by atoms with Crippen molar-refractivity contribution in [1.29, 1.82) is 0 Å². The molecular weight excluding hydrogens is 504 g/mol. The Balaban J connectivity index is 0.000000198. The van der Waals surface area contributed by atoms with Gasteiger partial charge in [0.1, 0.15) is 11.8 Å². The third-order valence-electron chi connectivity index (χ3n) is 6.29. The minimum Gasteiger partial charge on any atom is -0.382 e. The van der Waals surface area contributed by atoms with Crippen LogP contribution >= 0.6 is 0 Å². The average molecular weight is 545 g/mol. The molecule has 0 amide bonds. The number of anilines is 2. The smallest absolute Gasteiger partial charge is 0.219 e. The van der Waals surface area contributed by atoms with Gasteiger partial charge in [-0.25, -0.2) is 19.5 Å². The quantitative estimate of drug-likeness (QED) is 0.298. The van der Waals surface area contributed by atoms with Crippen LogP contribution in [0, 0.1) is 6.92 Å². The van der Waals surface area contributed by atoms with Gasteiger partial charge in [0.2, 0.25) is 5.95 Å². The topological polar surface area (TPSA) is 161 Å². The first-order valence-electron chi connectivity index (χ1n) is 13.5. The van der Waals surface area contributed by atoms with Crippen LogP contribution in [-0.4, -0.2) is 47.6 Å². The Morgan fingerprint density at radius 3 is 2.08 bits per heavy atom. The van der Waals surface area contributed by atoms with E-state index in [2.05, 4.69) is 25.1 Å². The van der Waals surface area contributed by atoms with Crippen molar-refractivity contribution in [2.75, 3.05) is 24.7 Å². The third-order valence-corrected chi connectivity index (χ3v) is 6.29. The SMILES string of the molecule is CC.CC.Cc1ccc([C@](C)(N)c2cnc(N)nc2)cc1.Nc1ncnn2cc(-c3cnn(C4COC4)c3)cc12. The molecule has 5 aromatic rings. The largest absolute Gasteiger partial charge is 0.382 e. The van der Waals surface area contributed by atoms with Crippen LogP contribution in [0.2, 0.25) is 0 Å². The Morgan fingerprint density at radius 1 is 0.850 bits per heavy atom. The fraction of sp³-hybridized carbons (Fsp3) is 0.345. The van der Waals surface area contributed by atoms with Crippen molar-refractivity contribution in [3.8, 4) is 11.1 Å². The molecular formula is C29H40N10O. The van der Waals surface area contributed by atoms with Crippen LogP contribution in [0.25, 0.3) is 16.6 Å². The van der Waals surface area contributed by atoms with E-state index in [1.165, 1.54) is 11.9 Å². The van der Waals surface area contributed by atoms with E-state index >= 15 is 0 Å². The fourth-order valence-electron chi connectivity index (χ4n) is 3.84. The molecule has 1 aliphatic heterocycles. The van der Waals surface area contributed by atoms with Gasteiger partial charge in [-0.15, -0.1) is 0 Å². The monoisotopic (exact) mass is 544 g/mol. The van der Waals surface area contributed by atoms with Gasteiger partial charge in [-0.2, -0.15) is 10.2 Å². The molecule has 0 aliphatic carbocycles. The Hall–Kier alpha value is -4.35. The molecule has 11 nitrogen and oxygen atoms in total. The number of hydrogen-bond acceptors (Lipinski definition) is 9. The first-order chi connectivity index (χ1) is 19.3. The van der Waals surface area contributed by atoms with Crippen molar-refractivity contribution in [2.24, 2.45) is 5.73 Å². The molecule has 4 aromatic heterocycles. The predicted molar refractivity (Wildman–Crippen MR) is 159 cm³/mol. The van der Waals surface area contributed by atoms with E-state index in [4.69, 9.17) is 21.9 Å². The van der Waals surface area contributed by atoms with E-state index in [1.54, 1.807) is 16.9 Å². The lowest BCUT2D eigenvalue weighted by Gasteiger charge is -2.25. The zero-order chi connectivity index (χ0) is 29.3. The predicted octanol–water partition coefficient (Wildman–Crippen LogP) is 4.39. The maximum absolute atomic E-state index is 6.34. The molecule has 1 atom stereocenters. The highest BCUT2D eigenvalue weighted by molar-refractivity contribution is 5.75. The lowest BCUT2D eigenvalue weighted by molar-refractivity contribution is -0.0286. The Kier molecular flexibility index (Phi) is 10.3. The number of hydrogen-bond donors (Lipinski definition) is 3. The molecule has 0 spiro atoms. The van der Waals surface area contributed by atoms with E-state index in [9.17, 15) is 0 Å². The molecule has 0 unspecified atom stereocenters. The average Bonchev–Trinajstić information content (AvgIpc) is 3.59. The van der Waals surface area contributed by atoms with Gasteiger partial charge in [-0.1, -0.05) is 57.5 Å². The van der Waals surface area contributed by atoms with Crippen LogP contribution in [0.1, 0.15) is 57.4 Å². The minimum atomic E-state index is -0.610. The molecule has 1 fully saturated rings. The summed E-state index contributed by atoms with van der Waals surface area (Å²) in [5.41, 5.74) is 23.0. The number of nitrogen functional groups attached to an aromatic ring is 2. The third kappa shape index (κ3) is 6.80. The van der Waals surface area contributed by atoms with E-state index < -0.39 is 5.54 Å². The normalized spacial score (nSPS) is 13.9. The lowest BCUT2D eigenvalue weighted by atomic mass is 9.87. The molecule has 1 aromatic carbocycles. The highest BCUT2D eigenvalue weighted by Crippen LogP contribution is 2.27. The maximum atomic E-state index is 6.34. The van der Waals surface area contributed by atoms with Gasteiger partial charge in [-0.3, -0.25) is 4.68 Å². The summed E-state index contributed by atoms with van der Waals surface area (Å²) in [5, 5.41) is 8.50. The summed E-state index contributed by atoms with van der Waals surface area (Å²) in [4.78, 5) is 11.9. The Morgan fingerprint density at radius 2 is 1.50 bits per heavy atom. The fourth-order valence-corrected chi connectivity index (χ4v) is 3.84. The van der Waals surface area contributed by atoms with Gasteiger partial charge in [0.25, 0.3) is 0 Å². The molecule has 0 bridgehead atoms. The van der Waals surface area contributed by atoms with Gasteiger partial charge < -0.3 is 21.9 Å². The summed E-state index contributed by atoms with van der Waals surface area (Å²) in [6.07, 6.45) is 10.6. The highest BCUT2D eigenvalue weighted by atomic mass is 16.5. The first kappa shape index (κ1) is 30.2. The van der Waals surface area contributed by atoms with Crippen molar-refractivity contribution >= 4 is 17.3 Å². The zero-order valence-corrected chi connectivity index (χ0v) is 24.1. The number of rotatable bonds is 4. The number of aromatic nitrogens is 7. The van der Waals surface area contributed by atoms with Crippen LogP contribution in [-0.2, 0) is 10.3 Å². The molecule has 6 N–H and O–H groups in total. The van der Waals surface area contributed by atoms with Crippen LogP contribution in [0.3, 0.4) is 0 Å². The van der Waals surface area contributed by atoms with E-state index in [0.29, 0.717) is 11.9 Å².